The molecule has 0 saturated heterocycles. The summed E-state index contributed by atoms with van der Waals surface area (Å²) in [5.74, 6) is -2.87. The number of halogens is 2. The minimum atomic E-state index is -2.87. The molecule has 0 aliphatic carbocycles. The smallest absolute Gasteiger partial charge is 0.270 e. The van der Waals surface area contributed by atoms with Crippen LogP contribution in [-0.2, 0) is 5.92 Å². The molecule has 4 N–H and O–H groups in total. The van der Waals surface area contributed by atoms with E-state index in [0.29, 0.717) is 5.69 Å². The molecular weight excluding hydrogens is 214 g/mol. The van der Waals surface area contributed by atoms with Crippen molar-refractivity contribution in [3.05, 3.63) is 41.7 Å². The van der Waals surface area contributed by atoms with Crippen LogP contribution in [0.25, 0.3) is 0 Å². The lowest BCUT2D eigenvalue weighted by atomic mass is 10.1. The lowest BCUT2D eigenvalue weighted by molar-refractivity contribution is 0.0175. The standard InChI is InChI=1S/C11H14F2N2O/c1-11(12,13)8-3-2-4-10(5-8)15-6-9(14)7-16/h2-6,15-16H,7,14H2,1H3/b9-6-. The molecule has 1 aromatic rings. The molecule has 0 bridgehead atoms. The van der Waals surface area contributed by atoms with Crippen molar-refractivity contribution >= 4 is 5.69 Å². The second-order valence-corrected chi connectivity index (χ2v) is 3.49. The van der Waals surface area contributed by atoms with Crippen LogP contribution in [0.15, 0.2) is 36.2 Å². The molecule has 0 spiro atoms. The van der Waals surface area contributed by atoms with E-state index >= 15 is 0 Å². The predicted molar refractivity (Wildman–Crippen MR) is 59.0 cm³/mol. The van der Waals surface area contributed by atoms with Crippen molar-refractivity contribution < 1.29 is 13.9 Å². The summed E-state index contributed by atoms with van der Waals surface area (Å²) in [7, 11) is 0. The average molecular weight is 228 g/mol. The third-order valence-electron chi connectivity index (χ3n) is 1.98. The van der Waals surface area contributed by atoms with Gasteiger partial charge in [0.1, 0.15) is 0 Å². The van der Waals surface area contributed by atoms with Crippen molar-refractivity contribution in [1.29, 1.82) is 0 Å². The van der Waals surface area contributed by atoms with E-state index in [4.69, 9.17) is 10.8 Å². The maximum atomic E-state index is 13.0. The Labute approximate surface area is 92.6 Å². The van der Waals surface area contributed by atoms with Gasteiger partial charge in [-0.1, -0.05) is 12.1 Å². The third-order valence-corrected chi connectivity index (χ3v) is 1.98. The quantitative estimate of drug-likeness (QED) is 0.738. The van der Waals surface area contributed by atoms with Crippen LogP contribution in [0.1, 0.15) is 12.5 Å². The fraction of sp³-hybridized carbons (Fsp3) is 0.273. The molecule has 1 aromatic carbocycles. The minimum absolute atomic E-state index is 0.0755. The Morgan fingerprint density at radius 2 is 2.25 bits per heavy atom. The molecule has 0 heterocycles. The van der Waals surface area contributed by atoms with Crippen LogP contribution in [0.3, 0.4) is 0 Å². The zero-order chi connectivity index (χ0) is 12.2. The Kier molecular flexibility index (Phi) is 3.84. The van der Waals surface area contributed by atoms with Crippen LogP contribution in [-0.4, -0.2) is 11.7 Å². The van der Waals surface area contributed by atoms with E-state index in [0.717, 1.165) is 6.92 Å². The van der Waals surface area contributed by atoms with Gasteiger partial charge in [-0.05, 0) is 12.1 Å². The highest BCUT2D eigenvalue weighted by Crippen LogP contribution is 2.28. The largest absolute Gasteiger partial charge is 0.399 e. The number of hydrogen-bond donors (Lipinski definition) is 3. The molecule has 0 saturated carbocycles. The van der Waals surface area contributed by atoms with Gasteiger partial charge >= 0.3 is 0 Å². The molecule has 1 rings (SSSR count). The first-order valence-electron chi connectivity index (χ1n) is 4.74. The number of nitrogens with two attached hydrogens (primary N) is 1. The van der Waals surface area contributed by atoms with E-state index < -0.39 is 5.92 Å². The number of aliphatic hydroxyl groups excluding tert-OH is 1. The first kappa shape index (κ1) is 12.4. The van der Waals surface area contributed by atoms with Gasteiger partial charge in [0.2, 0.25) is 0 Å². The zero-order valence-electron chi connectivity index (χ0n) is 8.87. The highest BCUT2D eigenvalue weighted by molar-refractivity contribution is 5.49. The zero-order valence-corrected chi connectivity index (χ0v) is 8.87. The van der Waals surface area contributed by atoms with Crippen LogP contribution in [0, 0.1) is 0 Å². The van der Waals surface area contributed by atoms with Gasteiger partial charge in [-0.15, -0.1) is 0 Å². The van der Waals surface area contributed by atoms with Crippen LogP contribution in [0.5, 0.6) is 0 Å². The number of aliphatic hydroxyl groups is 1. The second kappa shape index (κ2) is 4.94. The van der Waals surface area contributed by atoms with Gasteiger partial charge in [-0.25, -0.2) is 8.78 Å². The van der Waals surface area contributed by atoms with E-state index in [1.807, 2.05) is 0 Å². The van der Waals surface area contributed by atoms with Gasteiger partial charge in [-0.2, -0.15) is 0 Å². The molecular formula is C11H14F2N2O. The summed E-state index contributed by atoms with van der Waals surface area (Å²) >= 11 is 0. The fourth-order valence-corrected chi connectivity index (χ4v) is 1.10. The normalized spacial score (nSPS) is 12.6. The van der Waals surface area contributed by atoms with Gasteiger partial charge in [0, 0.05) is 24.4 Å². The summed E-state index contributed by atoms with van der Waals surface area (Å²) < 4.78 is 26.0. The lowest BCUT2D eigenvalue weighted by Gasteiger charge is -2.11. The SMILES string of the molecule is CC(F)(F)c1cccc(N/C=C(\N)CO)c1. The molecule has 0 fully saturated rings. The Morgan fingerprint density at radius 3 is 2.81 bits per heavy atom. The molecule has 0 aromatic heterocycles. The molecule has 3 nitrogen and oxygen atoms in total. The van der Waals surface area contributed by atoms with Crippen molar-refractivity contribution in [2.75, 3.05) is 11.9 Å². The van der Waals surface area contributed by atoms with Crippen molar-refractivity contribution in [1.82, 2.24) is 0 Å². The first-order valence-corrected chi connectivity index (χ1v) is 4.74. The number of anilines is 1. The summed E-state index contributed by atoms with van der Waals surface area (Å²) in [6, 6.07) is 5.85. The van der Waals surface area contributed by atoms with Crippen LogP contribution < -0.4 is 11.1 Å². The predicted octanol–water partition coefficient (Wildman–Crippen LogP) is 2.00. The molecule has 0 unspecified atom stereocenters. The van der Waals surface area contributed by atoms with Crippen molar-refractivity contribution in [3.8, 4) is 0 Å². The summed E-state index contributed by atoms with van der Waals surface area (Å²) in [5.41, 5.74) is 6.00. The van der Waals surface area contributed by atoms with Gasteiger partial charge < -0.3 is 16.2 Å². The molecule has 5 heteroatoms. The van der Waals surface area contributed by atoms with Gasteiger partial charge in [0.25, 0.3) is 5.92 Å². The van der Waals surface area contributed by atoms with Crippen molar-refractivity contribution in [3.63, 3.8) is 0 Å². The second-order valence-electron chi connectivity index (χ2n) is 3.49. The molecule has 88 valence electrons. The topological polar surface area (TPSA) is 58.3 Å². The third kappa shape index (κ3) is 3.51. The molecule has 0 atom stereocenters. The number of nitrogens with one attached hydrogen (secondary N) is 1. The summed E-state index contributed by atoms with van der Waals surface area (Å²) in [6.45, 7) is 0.556. The minimum Gasteiger partial charge on any atom is -0.399 e. The fourth-order valence-electron chi connectivity index (χ4n) is 1.10. The highest BCUT2D eigenvalue weighted by Gasteiger charge is 2.23. The molecule has 0 amide bonds. The molecule has 0 aliphatic heterocycles. The summed E-state index contributed by atoms with van der Waals surface area (Å²) in [5, 5.41) is 11.4. The molecule has 16 heavy (non-hydrogen) atoms. The van der Waals surface area contributed by atoms with Crippen molar-refractivity contribution in [2.24, 2.45) is 5.73 Å². The van der Waals surface area contributed by atoms with Gasteiger partial charge in [0.05, 0.1) is 12.3 Å². The average Bonchev–Trinajstić information content (AvgIpc) is 2.25. The van der Waals surface area contributed by atoms with E-state index in [1.54, 1.807) is 6.07 Å². The van der Waals surface area contributed by atoms with Crippen LogP contribution in [0.2, 0.25) is 0 Å². The first-order chi connectivity index (χ1) is 7.43. The molecule has 0 aliphatic rings. The maximum absolute atomic E-state index is 13.0. The van der Waals surface area contributed by atoms with Gasteiger partial charge in [0.15, 0.2) is 0 Å². The summed E-state index contributed by atoms with van der Waals surface area (Å²) in [4.78, 5) is 0. The lowest BCUT2D eigenvalue weighted by Crippen LogP contribution is -2.08. The Morgan fingerprint density at radius 1 is 1.56 bits per heavy atom. The van der Waals surface area contributed by atoms with Crippen LogP contribution in [0.4, 0.5) is 14.5 Å². The maximum Gasteiger partial charge on any atom is 0.270 e. The van der Waals surface area contributed by atoms with E-state index in [9.17, 15) is 8.78 Å². The van der Waals surface area contributed by atoms with Crippen LogP contribution >= 0.6 is 0 Å². The monoisotopic (exact) mass is 228 g/mol. The van der Waals surface area contributed by atoms with E-state index in [1.165, 1.54) is 24.4 Å². The number of rotatable bonds is 4. The van der Waals surface area contributed by atoms with E-state index in [2.05, 4.69) is 5.32 Å². The van der Waals surface area contributed by atoms with Crippen molar-refractivity contribution in [2.45, 2.75) is 12.8 Å². The number of hydrogen-bond acceptors (Lipinski definition) is 3. The van der Waals surface area contributed by atoms with Gasteiger partial charge in [-0.3, -0.25) is 0 Å². The Bertz CT molecular complexity index is 386. The molecule has 0 radical (unpaired) electrons. The Hall–Kier alpha value is -1.62. The van der Waals surface area contributed by atoms with E-state index in [-0.39, 0.29) is 17.9 Å². The highest BCUT2D eigenvalue weighted by atomic mass is 19.3. The Balaban J connectivity index is 2.84. The number of benzene rings is 1. The number of alkyl halides is 2. The summed E-state index contributed by atoms with van der Waals surface area (Å²) in [6.07, 6.45) is 1.37.